The Kier molecular flexibility index (Phi) is 6.24. The molecule has 39 heavy (non-hydrogen) atoms. The fraction of sp³-hybridized carbons (Fsp3) is 0.108. The summed E-state index contributed by atoms with van der Waals surface area (Å²) in [5, 5.41) is 2.17. The Morgan fingerprint density at radius 1 is 0.769 bits per heavy atom. The first kappa shape index (κ1) is 24.6. The molecule has 5 aromatic carbocycles. The van der Waals surface area contributed by atoms with Crippen molar-refractivity contribution in [1.29, 1.82) is 0 Å². The topological polar surface area (TPSA) is 26.3 Å². The lowest BCUT2D eigenvalue weighted by Crippen LogP contribution is -2.32. The summed E-state index contributed by atoms with van der Waals surface area (Å²) in [5.41, 5.74) is 6.78. The minimum Gasteiger partial charge on any atom is -0.423 e. The number of carbonyl (C=O) groups excluding carboxylic acids is 1. The Morgan fingerprint density at radius 3 is 2.21 bits per heavy atom. The summed E-state index contributed by atoms with van der Waals surface area (Å²) in [4.78, 5) is 12.8. The Balaban J connectivity index is 1.62. The molecule has 0 spiro atoms. The third-order valence-electron chi connectivity index (χ3n) is 7.97. The van der Waals surface area contributed by atoms with E-state index in [4.69, 9.17) is 4.74 Å². The molecule has 0 saturated carbocycles. The van der Waals surface area contributed by atoms with Gasteiger partial charge in [0.2, 0.25) is 0 Å². The summed E-state index contributed by atoms with van der Waals surface area (Å²) in [6.07, 6.45) is 4.50. The van der Waals surface area contributed by atoms with Gasteiger partial charge < -0.3 is 4.74 Å². The normalized spacial score (nSPS) is 15.5. The van der Waals surface area contributed by atoms with Gasteiger partial charge in [-0.05, 0) is 51.6 Å². The highest BCUT2D eigenvalue weighted by Crippen LogP contribution is 2.53. The molecule has 0 bridgehead atoms. The number of allylic oxidation sites excluding steroid dienone is 1. The van der Waals surface area contributed by atoms with Crippen LogP contribution in [0.15, 0.2) is 133 Å². The number of hydrogen-bond acceptors (Lipinski definition) is 2. The maximum atomic E-state index is 12.8. The van der Waals surface area contributed by atoms with Crippen molar-refractivity contribution in [3.05, 3.63) is 156 Å². The number of ether oxygens (including phenoxy) is 1. The summed E-state index contributed by atoms with van der Waals surface area (Å²) in [7, 11) is 0. The van der Waals surface area contributed by atoms with Gasteiger partial charge in [-0.25, -0.2) is 4.79 Å². The van der Waals surface area contributed by atoms with Crippen LogP contribution in [0.1, 0.15) is 42.0 Å². The SMILES string of the molecule is C=C(C)C(=O)Oc1ccc2ccccc2c1C(C)(c1ccc(-c2ccccc2)cc1)C1C=Cc2ccccc21. The molecular formula is C37H30O2. The van der Waals surface area contributed by atoms with Crippen molar-refractivity contribution in [2.24, 2.45) is 0 Å². The first-order valence-electron chi connectivity index (χ1n) is 13.3. The second-order valence-electron chi connectivity index (χ2n) is 10.4. The lowest BCUT2D eigenvalue weighted by molar-refractivity contribution is -0.130. The maximum Gasteiger partial charge on any atom is 0.338 e. The van der Waals surface area contributed by atoms with Gasteiger partial charge in [0.25, 0.3) is 0 Å². The first-order chi connectivity index (χ1) is 19.0. The molecule has 2 atom stereocenters. The number of carbonyl (C=O) groups is 1. The van der Waals surface area contributed by atoms with Crippen LogP contribution in [0.5, 0.6) is 5.75 Å². The van der Waals surface area contributed by atoms with E-state index in [1.807, 2.05) is 30.3 Å². The zero-order chi connectivity index (χ0) is 27.0. The van der Waals surface area contributed by atoms with Crippen LogP contribution in [-0.4, -0.2) is 5.97 Å². The van der Waals surface area contributed by atoms with Crippen LogP contribution < -0.4 is 4.74 Å². The van der Waals surface area contributed by atoms with Crippen molar-refractivity contribution in [3.63, 3.8) is 0 Å². The second kappa shape index (κ2) is 9.89. The number of rotatable bonds is 6. The molecule has 0 fully saturated rings. The van der Waals surface area contributed by atoms with Crippen LogP contribution in [0.3, 0.4) is 0 Å². The predicted octanol–water partition coefficient (Wildman–Crippen LogP) is 9.10. The minimum atomic E-state index is -0.552. The average molecular weight is 507 g/mol. The molecule has 190 valence electrons. The monoisotopic (exact) mass is 506 g/mol. The van der Waals surface area contributed by atoms with Crippen LogP contribution in [0.25, 0.3) is 28.0 Å². The van der Waals surface area contributed by atoms with Crippen LogP contribution in [-0.2, 0) is 10.2 Å². The van der Waals surface area contributed by atoms with Gasteiger partial charge in [0.15, 0.2) is 0 Å². The van der Waals surface area contributed by atoms with E-state index >= 15 is 0 Å². The molecule has 1 aliphatic rings. The molecule has 5 aromatic rings. The van der Waals surface area contributed by atoms with Crippen LogP contribution in [0.2, 0.25) is 0 Å². The molecule has 0 radical (unpaired) electrons. The summed E-state index contributed by atoms with van der Waals surface area (Å²) in [6, 6.07) is 40.1. The number of fused-ring (bicyclic) bond motifs is 2. The molecule has 6 rings (SSSR count). The van der Waals surface area contributed by atoms with E-state index in [-0.39, 0.29) is 5.92 Å². The van der Waals surface area contributed by atoms with Gasteiger partial charge in [-0.3, -0.25) is 0 Å². The van der Waals surface area contributed by atoms with Gasteiger partial charge in [-0.15, -0.1) is 0 Å². The van der Waals surface area contributed by atoms with Gasteiger partial charge in [0, 0.05) is 22.5 Å². The van der Waals surface area contributed by atoms with Crippen molar-refractivity contribution in [1.82, 2.24) is 0 Å². The second-order valence-corrected chi connectivity index (χ2v) is 10.4. The summed E-state index contributed by atoms with van der Waals surface area (Å²) in [6.45, 7) is 7.78. The van der Waals surface area contributed by atoms with E-state index in [1.165, 1.54) is 16.7 Å². The molecule has 0 saturated heterocycles. The number of benzene rings is 5. The van der Waals surface area contributed by atoms with E-state index in [2.05, 4.69) is 111 Å². The van der Waals surface area contributed by atoms with Gasteiger partial charge in [-0.1, -0.05) is 135 Å². The Labute approximate surface area is 229 Å². The summed E-state index contributed by atoms with van der Waals surface area (Å²) < 4.78 is 6.06. The van der Waals surface area contributed by atoms with Crippen molar-refractivity contribution < 1.29 is 9.53 Å². The standard InChI is InChI=1S/C37H30O2/c1-25(2)36(38)39-34-24-20-29-14-8-10-16-32(29)35(34)37(3,33-23-19-28-13-7-9-15-31(28)33)30-21-17-27(18-22-30)26-11-5-4-6-12-26/h4-24,33H,1H2,2-3H3. The average Bonchev–Trinajstić information content (AvgIpc) is 3.42. The molecule has 0 amide bonds. The van der Waals surface area contributed by atoms with Crippen LogP contribution in [0, 0.1) is 0 Å². The third-order valence-corrected chi connectivity index (χ3v) is 7.97. The van der Waals surface area contributed by atoms with Crippen molar-refractivity contribution in [3.8, 4) is 16.9 Å². The highest BCUT2D eigenvalue weighted by molar-refractivity contribution is 5.93. The molecule has 0 N–H and O–H groups in total. The van der Waals surface area contributed by atoms with E-state index in [0.29, 0.717) is 11.3 Å². The Hall–Kier alpha value is -4.69. The van der Waals surface area contributed by atoms with Crippen molar-refractivity contribution in [2.45, 2.75) is 25.2 Å². The lowest BCUT2D eigenvalue weighted by atomic mass is 9.64. The molecular weight excluding hydrogens is 476 g/mol. The molecule has 2 unspecified atom stereocenters. The third kappa shape index (κ3) is 4.28. The summed E-state index contributed by atoms with van der Waals surface area (Å²) in [5.74, 6) is 0.175. The van der Waals surface area contributed by atoms with E-state index in [9.17, 15) is 4.79 Å². The molecule has 0 aliphatic heterocycles. The van der Waals surface area contributed by atoms with Gasteiger partial charge in [0.05, 0.1) is 0 Å². The highest BCUT2D eigenvalue weighted by Gasteiger charge is 2.43. The number of esters is 1. The molecule has 1 aliphatic carbocycles. The van der Waals surface area contributed by atoms with Gasteiger partial charge in [0.1, 0.15) is 5.75 Å². The van der Waals surface area contributed by atoms with Crippen molar-refractivity contribution in [2.75, 3.05) is 0 Å². The largest absolute Gasteiger partial charge is 0.423 e. The smallest absolute Gasteiger partial charge is 0.338 e. The first-order valence-corrected chi connectivity index (χ1v) is 13.3. The fourth-order valence-electron chi connectivity index (χ4n) is 5.93. The molecule has 2 heteroatoms. The molecule has 0 aromatic heterocycles. The van der Waals surface area contributed by atoms with Gasteiger partial charge in [-0.2, -0.15) is 0 Å². The Bertz CT molecular complexity index is 1730. The highest BCUT2D eigenvalue weighted by atomic mass is 16.5. The zero-order valence-electron chi connectivity index (χ0n) is 22.2. The fourth-order valence-corrected chi connectivity index (χ4v) is 5.93. The van der Waals surface area contributed by atoms with E-state index in [0.717, 1.165) is 27.5 Å². The minimum absolute atomic E-state index is 0.0318. The molecule has 2 nitrogen and oxygen atoms in total. The van der Waals surface area contributed by atoms with E-state index < -0.39 is 11.4 Å². The van der Waals surface area contributed by atoms with Gasteiger partial charge >= 0.3 is 5.97 Å². The lowest BCUT2D eigenvalue weighted by Gasteiger charge is -2.39. The van der Waals surface area contributed by atoms with Crippen LogP contribution >= 0.6 is 0 Å². The number of hydrogen-bond donors (Lipinski definition) is 0. The predicted molar refractivity (Wildman–Crippen MR) is 161 cm³/mol. The van der Waals surface area contributed by atoms with Crippen LogP contribution in [0.4, 0.5) is 0 Å². The Morgan fingerprint density at radius 2 is 1.44 bits per heavy atom. The maximum absolute atomic E-state index is 12.8. The molecule has 0 heterocycles. The summed E-state index contributed by atoms with van der Waals surface area (Å²) >= 11 is 0. The van der Waals surface area contributed by atoms with E-state index in [1.54, 1.807) is 6.92 Å². The van der Waals surface area contributed by atoms with Crippen molar-refractivity contribution >= 4 is 22.8 Å². The quantitative estimate of drug-likeness (QED) is 0.130. The zero-order valence-corrected chi connectivity index (χ0v) is 22.2.